The summed E-state index contributed by atoms with van der Waals surface area (Å²) in [4.78, 5) is 25.2. The highest BCUT2D eigenvalue weighted by Crippen LogP contribution is 2.31. The lowest BCUT2D eigenvalue weighted by atomic mass is 10.1. The zero-order valence-electron chi connectivity index (χ0n) is 16.4. The van der Waals surface area contributed by atoms with Gasteiger partial charge in [-0.2, -0.15) is 0 Å². The Hall–Kier alpha value is -3.32. The molecule has 30 heavy (non-hydrogen) atoms. The molecule has 0 saturated heterocycles. The van der Waals surface area contributed by atoms with Gasteiger partial charge in [0.05, 0.1) is 31.5 Å². The summed E-state index contributed by atoms with van der Waals surface area (Å²) in [5.74, 6) is -0.928. The molecule has 1 N–H and O–H groups in total. The molecule has 1 amide bonds. The van der Waals surface area contributed by atoms with Gasteiger partial charge in [-0.15, -0.1) is 0 Å². The van der Waals surface area contributed by atoms with Gasteiger partial charge in [0.15, 0.2) is 5.69 Å². The fourth-order valence-corrected chi connectivity index (χ4v) is 3.30. The molecule has 0 radical (unpaired) electrons. The third-order valence-corrected chi connectivity index (χ3v) is 4.54. The quantitative estimate of drug-likeness (QED) is 0.554. The maximum atomic E-state index is 13.4. The van der Waals surface area contributed by atoms with Crippen molar-refractivity contribution in [2.24, 2.45) is 0 Å². The van der Waals surface area contributed by atoms with E-state index in [1.807, 2.05) is 0 Å². The van der Waals surface area contributed by atoms with Crippen LogP contribution in [0.4, 0.5) is 10.1 Å². The maximum absolute atomic E-state index is 13.4. The third-order valence-electron chi connectivity index (χ3n) is 4.26. The number of carbonyl (C=O) groups is 2. The molecule has 0 atom stereocenters. The number of anilines is 1. The number of amides is 1. The van der Waals surface area contributed by atoms with Crippen molar-refractivity contribution in [3.05, 3.63) is 76.8 Å². The summed E-state index contributed by atoms with van der Waals surface area (Å²) in [6.45, 7) is 1.83. The molecule has 1 heterocycles. The zero-order valence-corrected chi connectivity index (χ0v) is 17.2. The number of benzene rings is 2. The number of rotatable bonds is 7. The average Bonchev–Trinajstić information content (AvgIpc) is 3.03. The van der Waals surface area contributed by atoms with Crippen LogP contribution in [0.3, 0.4) is 0 Å². The van der Waals surface area contributed by atoms with Crippen LogP contribution in [0, 0.1) is 5.82 Å². The van der Waals surface area contributed by atoms with Crippen LogP contribution in [-0.2, 0) is 16.0 Å². The molecule has 0 saturated carbocycles. The fourth-order valence-electron chi connectivity index (χ4n) is 3.00. The molecule has 0 fully saturated rings. The second-order valence-corrected chi connectivity index (χ2v) is 6.73. The average molecular weight is 431 g/mol. The first-order valence-corrected chi connectivity index (χ1v) is 9.57. The SMILES string of the molecule is CCOC(=O)c1c(NC(=O)Cc2cccc(F)c2)cc(Cl)n1-c1cccc(OC)c1. The molecular formula is C22H20ClFN2O4. The van der Waals surface area contributed by atoms with Crippen molar-refractivity contribution >= 4 is 29.2 Å². The Bertz CT molecular complexity index is 1080. The number of ether oxygens (including phenoxy) is 2. The Kier molecular flexibility index (Phi) is 6.74. The van der Waals surface area contributed by atoms with E-state index in [1.165, 1.54) is 35.9 Å². The minimum atomic E-state index is -0.645. The van der Waals surface area contributed by atoms with E-state index in [-0.39, 0.29) is 29.6 Å². The van der Waals surface area contributed by atoms with Crippen LogP contribution in [-0.4, -0.2) is 30.2 Å². The summed E-state index contributed by atoms with van der Waals surface area (Å²) in [6, 6.07) is 14.2. The molecular weight excluding hydrogens is 411 g/mol. The second-order valence-electron chi connectivity index (χ2n) is 6.34. The summed E-state index contributed by atoms with van der Waals surface area (Å²) < 4.78 is 25.3. The molecule has 3 rings (SSSR count). The van der Waals surface area contributed by atoms with Gasteiger partial charge in [0.1, 0.15) is 16.7 Å². The first-order valence-electron chi connectivity index (χ1n) is 9.20. The van der Waals surface area contributed by atoms with Crippen molar-refractivity contribution in [3.63, 3.8) is 0 Å². The van der Waals surface area contributed by atoms with E-state index in [1.54, 1.807) is 37.3 Å². The second kappa shape index (κ2) is 9.45. The van der Waals surface area contributed by atoms with Gasteiger partial charge < -0.3 is 14.8 Å². The highest BCUT2D eigenvalue weighted by Gasteiger charge is 2.24. The van der Waals surface area contributed by atoms with Crippen molar-refractivity contribution in [1.29, 1.82) is 0 Å². The minimum Gasteiger partial charge on any atom is -0.497 e. The number of halogens is 2. The predicted molar refractivity (Wildman–Crippen MR) is 112 cm³/mol. The number of nitrogens with zero attached hydrogens (tertiary/aromatic N) is 1. The van der Waals surface area contributed by atoms with Gasteiger partial charge >= 0.3 is 5.97 Å². The fraction of sp³-hybridized carbons (Fsp3) is 0.182. The standard InChI is InChI=1S/C22H20ClFN2O4/c1-3-30-22(28)21-18(25-20(27)11-14-6-4-7-15(24)10-14)13-19(23)26(21)16-8-5-9-17(12-16)29-2/h4-10,12-13H,3,11H2,1-2H3,(H,25,27). The molecule has 0 aliphatic carbocycles. The van der Waals surface area contributed by atoms with Crippen LogP contribution in [0.1, 0.15) is 23.0 Å². The molecule has 0 spiro atoms. The lowest BCUT2D eigenvalue weighted by Crippen LogP contribution is -2.18. The maximum Gasteiger partial charge on any atom is 0.357 e. The number of nitrogens with one attached hydrogen (secondary N) is 1. The largest absolute Gasteiger partial charge is 0.497 e. The van der Waals surface area contributed by atoms with E-state index < -0.39 is 17.7 Å². The summed E-state index contributed by atoms with van der Waals surface area (Å²) in [5.41, 5.74) is 1.34. The van der Waals surface area contributed by atoms with Crippen molar-refractivity contribution in [1.82, 2.24) is 4.57 Å². The van der Waals surface area contributed by atoms with Crippen molar-refractivity contribution in [2.75, 3.05) is 19.0 Å². The molecule has 6 nitrogen and oxygen atoms in total. The minimum absolute atomic E-state index is 0.0675. The smallest absolute Gasteiger partial charge is 0.357 e. The Morgan fingerprint density at radius 2 is 1.90 bits per heavy atom. The first kappa shape index (κ1) is 21.4. The van der Waals surface area contributed by atoms with E-state index in [4.69, 9.17) is 21.1 Å². The van der Waals surface area contributed by atoms with Crippen LogP contribution in [0.2, 0.25) is 5.15 Å². The van der Waals surface area contributed by atoms with E-state index in [2.05, 4.69) is 5.32 Å². The highest BCUT2D eigenvalue weighted by atomic mass is 35.5. The molecule has 0 unspecified atom stereocenters. The zero-order chi connectivity index (χ0) is 21.7. The Morgan fingerprint density at radius 3 is 2.60 bits per heavy atom. The van der Waals surface area contributed by atoms with Crippen molar-refractivity contribution < 1.29 is 23.5 Å². The molecule has 8 heteroatoms. The lowest BCUT2D eigenvalue weighted by molar-refractivity contribution is -0.115. The summed E-state index contributed by atoms with van der Waals surface area (Å²) in [5, 5.41) is 2.88. The highest BCUT2D eigenvalue weighted by molar-refractivity contribution is 6.31. The number of methoxy groups -OCH3 is 1. The van der Waals surface area contributed by atoms with Gasteiger partial charge in [-0.05, 0) is 42.8 Å². The number of hydrogen-bond donors (Lipinski definition) is 1. The normalized spacial score (nSPS) is 10.5. The van der Waals surface area contributed by atoms with Crippen LogP contribution >= 0.6 is 11.6 Å². The Labute approximate surface area is 178 Å². The van der Waals surface area contributed by atoms with E-state index >= 15 is 0 Å². The van der Waals surface area contributed by atoms with E-state index in [9.17, 15) is 14.0 Å². The number of carbonyl (C=O) groups excluding carboxylic acids is 2. The van der Waals surface area contributed by atoms with Gasteiger partial charge in [-0.25, -0.2) is 9.18 Å². The van der Waals surface area contributed by atoms with Gasteiger partial charge in [0.2, 0.25) is 5.91 Å². The molecule has 156 valence electrons. The van der Waals surface area contributed by atoms with Crippen LogP contribution in [0.15, 0.2) is 54.6 Å². The number of aromatic nitrogens is 1. The van der Waals surface area contributed by atoms with E-state index in [0.717, 1.165) is 0 Å². The molecule has 0 bridgehead atoms. The summed E-state index contributed by atoms with van der Waals surface area (Å²) in [7, 11) is 1.53. The van der Waals surface area contributed by atoms with Gasteiger partial charge in [-0.3, -0.25) is 9.36 Å². The molecule has 3 aromatic rings. The molecule has 1 aromatic heterocycles. The summed E-state index contributed by atoms with van der Waals surface area (Å²) >= 11 is 6.40. The van der Waals surface area contributed by atoms with Crippen molar-refractivity contribution in [3.8, 4) is 11.4 Å². The van der Waals surface area contributed by atoms with E-state index in [0.29, 0.717) is 17.0 Å². The lowest BCUT2D eigenvalue weighted by Gasteiger charge is -2.13. The number of hydrogen-bond acceptors (Lipinski definition) is 4. The van der Waals surface area contributed by atoms with Gasteiger partial charge in [-0.1, -0.05) is 29.8 Å². The molecule has 2 aromatic carbocycles. The summed E-state index contributed by atoms with van der Waals surface area (Å²) in [6.07, 6.45) is -0.0675. The predicted octanol–water partition coefficient (Wildman–Crippen LogP) is 4.64. The Morgan fingerprint density at radius 1 is 1.13 bits per heavy atom. The Balaban J connectivity index is 1.97. The van der Waals surface area contributed by atoms with Gasteiger partial charge in [0, 0.05) is 6.07 Å². The monoisotopic (exact) mass is 430 g/mol. The number of esters is 1. The van der Waals surface area contributed by atoms with Crippen LogP contribution in [0.25, 0.3) is 5.69 Å². The van der Waals surface area contributed by atoms with Crippen LogP contribution in [0.5, 0.6) is 5.75 Å². The third kappa shape index (κ3) is 4.80. The van der Waals surface area contributed by atoms with Crippen molar-refractivity contribution in [2.45, 2.75) is 13.3 Å². The first-order chi connectivity index (χ1) is 14.4. The van der Waals surface area contributed by atoms with Gasteiger partial charge in [0.25, 0.3) is 0 Å². The molecule has 0 aliphatic heterocycles. The topological polar surface area (TPSA) is 69.6 Å². The molecule has 0 aliphatic rings. The van der Waals surface area contributed by atoms with Crippen LogP contribution < -0.4 is 10.1 Å².